The number of hydrogen-bond acceptors (Lipinski definition) is 6. The van der Waals surface area contributed by atoms with Crippen molar-refractivity contribution in [1.29, 1.82) is 0 Å². The number of anilines is 4. The molecule has 0 unspecified atom stereocenters. The molecule has 1 saturated heterocycles. The number of hydrogen-bond donors (Lipinski definition) is 2. The Morgan fingerprint density at radius 2 is 1.89 bits per heavy atom. The van der Waals surface area contributed by atoms with E-state index in [4.69, 9.17) is 4.74 Å². The van der Waals surface area contributed by atoms with Crippen LogP contribution in [0.3, 0.4) is 0 Å². The molecule has 2 heterocycles. The summed E-state index contributed by atoms with van der Waals surface area (Å²) in [5.74, 6) is 2.30. The van der Waals surface area contributed by atoms with Gasteiger partial charge in [0.05, 0.1) is 0 Å². The molecule has 1 fully saturated rings. The minimum atomic E-state index is 0.646. The molecular formula is C21H31N5O. The second-order valence-corrected chi connectivity index (χ2v) is 7.33. The minimum Gasteiger partial charge on any atom is -0.385 e. The maximum absolute atomic E-state index is 5.07. The van der Waals surface area contributed by atoms with Gasteiger partial charge < -0.3 is 20.3 Å². The van der Waals surface area contributed by atoms with Crippen LogP contribution in [-0.4, -0.2) is 43.3 Å². The van der Waals surface area contributed by atoms with Crippen LogP contribution in [0.2, 0.25) is 0 Å². The lowest BCUT2D eigenvalue weighted by Gasteiger charge is -2.32. The fourth-order valence-corrected chi connectivity index (χ4v) is 3.30. The first kappa shape index (κ1) is 19.4. The number of benzene rings is 1. The van der Waals surface area contributed by atoms with Gasteiger partial charge in [0.15, 0.2) is 0 Å². The Morgan fingerprint density at radius 1 is 1.15 bits per heavy atom. The average molecular weight is 370 g/mol. The molecule has 0 saturated carbocycles. The Bertz CT molecular complexity index is 711. The van der Waals surface area contributed by atoms with Crippen molar-refractivity contribution in [2.75, 3.05) is 48.9 Å². The fraction of sp³-hybridized carbons (Fsp3) is 0.524. The predicted molar refractivity (Wildman–Crippen MR) is 112 cm³/mol. The lowest BCUT2D eigenvalue weighted by molar-refractivity contribution is 0.197. The van der Waals surface area contributed by atoms with Crippen molar-refractivity contribution in [3.05, 3.63) is 36.0 Å². The van der Waals surface area contributed by atoms with E-state index in [9.17, 15) is 0 Å². The molecule has 3 rings (SSSR count). The maximum atomic E-state index is 5.07. The second-order valence-electron chi connectivity index (χ2n) is 7.33. The summed E-state index contributed by atoms with van der Waals surface area (Å²) in [6, 6.07) is 10.6. The number of nitrogens with zero attached hydrogens (tertiary/aromatic N) is 3. The van der Waals surface area contributed by atoms with E-state index in [0.717, 1.165) is 55.8 Å². The third-order valence-electron chi connectivity index (χ3n) is 4.95. The Balaban J connectivity index is 1.60. The number of aromatic nitrogens is 2. The highest BCUT2D eigenvalue weighted by Crippen LogP contribution is 2.25. The van der Waals surface area contributed by atoms with Gasteiger partial charge in [-0.1, -0.05) is 6.92 Å². The lowest BCUT2D eigenvalue weighted by Crippen LogP contribution is -2.32. The zero-order chi connectivity index (χ0) is 19.1. The smallest absolute Gasteiger partial charge is 0.224 e. The molecule has 0 atom stereocenters. The first-order valence-electron chi connectivity index (χ1n) is 9.84. The number of ether oxygens (including phenoxy) is 1. The SMILES string of the molecule is COCCCNc1nc(C)cc(Nc2ccc(N3CCC(C)CC3)cc2)n1. The van der Waals surface area contributed by atoms with E-state index in [1.54, 1.807) is 7.11 Å². The molecule has 1 aliphatic heterocycles. The molecule has 2 N–H and O–H groups in total. The zero-order valence-electron chi connectivity index (χ0n) is 16.7. The van der Waals surface area contributed by atoms with Crippen molar-refractivity contribution in [2.24, 2.45) is 5.92 Å². The van der Waals surface area contributed by atoms with Crippen LogP contribution in [0.4, 0.5) is 23.1 Å². The molecule has 0 bridgehead atoms. The fourth-order valence-electron chi connectivity index (χ4n) is 3.30. The molecule has 0 amide bonds. The van der Waals surface area contributed by atoms with Gasteiger partial charge in [-0.3, -0.25) is 0 Å². The van der Waals surface area contributed by atoms with Gasteiger partial charge in [0.2, 0.25) is 5.95 Å². The van der Waals surface area contributed by atoms with Crippen LogP contribution in [0.1, 0.15) is 31.9 Å². The summed E-state index contributed by atoms with van der Waals surface area (Å²) in [6.07, 6.45) is 3.48. The van der Waals surface area contributed by atoms with E-state index in [1.165, 1.54) is 18.5 Å². The molecule has 2 aromatic rings. The van der Waals surface area contributed by atoms with Crippen LogP contribution in [-0.2, 0) is 4.74 Å². The van der Waals surface area contributed by atoms with Crippen molar-refractivity contribution in [3.63, 3.8) is 0 Å². The normalized spacial score (nSPS) is 15.0. The number of methoxy groups -OCH3 is 1. The Labute approximate surface area is 162 Å². The monoisotopic (exact) mass is 369 g/mol. The maximum Gasteiger partial charge on any atom is 0.224 e. The second kappa shape index (κ2) is 9.55. The minimum absolute atomic E-state index is 0.646. The Kier molecular flexibility index (Phi) is 6.87. The van der Waals surface area contributed by atoms with E-state index >= 15 is 0 Å². The van der Waals surface area contributed by atoms with Crippen molar-refractivity contribution in [2.45, 2.75) is 33.1 Å². The van der Waals surface area contributed by atoms with Crippen LogP contribution in [0.25, 0.3) is 0 Å². The first-order chi connectivity index (χ1) is 13.1. The number of piperidine rings is 1. The third kappa shape index (κ3) is 5.82. The molecule has 27 heavy (non-hydrogen) atoms. The molecule has 6 heteroatoms. The summed E-state index contributed by atoms with van der Waals surface area (Å²) in [5, 5.41) is 6.64. The summed E-state index contributed by atoms with van der Waals surface area (Å²) < 4.78 is 5.07. The van der Waals surface area contributed by atoms with E-state index in [-0.39, 0.29) is 0 Å². The quantitative estimate of drug-likeness (QED) is 0.680. The van der Waals surface area contributed by atoms with Crippen LogP contribution < -0.4 is 15.5 Å². The van der Waals surface area contributed by atoms with Gasteiger partial charge in [0.1, 0.15) is 5.82 Å². The summed E-state index contributed by atoms with van der Waals surface area (Å²) >= 11 is 0. The van der Waals surface area contributed by atoms with E-state index in [1.807, 2.05) is 13.0 Å². The number of rotatable bonds is 8. The molecule has 0 radical (unpaired) electrons. The highest BCUT2D eigenvalue weighted by atomic mass is 16.5. The van der Waals surface area contributed by atoms with Gasteiger partial charge in [-0.2, -0.15) is 4.98 Å². The molecule has 0 aliphatic carbocycles. The van der Waals surface area contributed by atoms with Crippen molar-refractivity contribution < 1.29 is 4.74 Å². The molecule has 0 spiro atoms. The highest BCUT2D eigenvalue weighted by molar-refractivity contribution is 5.61. The van der Waals surface area contributed by atoms with Crippen molar-refractivity contribution >= 4 is 23.1 Å². The van der Waals surface area contributed by atoms with E-state index < -0.39 is 0 Å². The molecular weight excluding hydrogens is 338 g/mol. The highest BCUT2D eigenvalue weighted by Gasteiger charge is 2.15. The third-order valence-corrected chi connectivity index (χ3v) is 4.95. The van der Waals surface area contributed by atoms with Gasteiger partial charge in [-0.15, -0.1) is 0 Å². The topological polar surface area (TPSA) is 62.3 Å². The van der Waals surface area contributed by atoms with Gasteiger partial charge >= 0.3 is 0 Å². The van der Waals surface area contributed by atoms with Crippen molar-refractivity contribution in [3.8, 4) is 0 Å². The first-order valence-corrected chi connectivity index (χ1v) is 9.84. The molecule has 1 aromatic heterocycles. The molecule has 146 valence electrons. The average Bonchev–Trinajstić information content (AvgIpc) is 2.66. The summed E-state index contributed by atoms with van der Waals surface area (Å²) in [6.45, 7) is 8.14. The van der Waals surface area contributed by atoms with Crippen molar-refractivity contribution in [1.82, 2.24) is 9.97 Å². The molecule has 1 aromatic carbocycles. The molecule has 1 aliphatic rings. The van der Waals surface area contributed by atoms with Crippen LogP contribution in [0.15, 0.2) is 30.3 Å². The number of aryl methyl sites for hydroxylation is 1. The van der Waals surface area contributed by atoms with Crippen LogP contribution >= 0.6 is 0 Å². The summed E-state index contributed by atoms with van der Waals surface area (Å²) in [7, 11) is 1.71. The lowest BCUT2D eigenvalue weighted by atomic mass is 9.99. The van der Waals surface area contributed by atoms with Gasteiger partial charge in [0, 0.05) is 56.5 Å². The molecule has 6 nitrogen and oxygen atoms in total. The Hall–Kier alpha value is -2.34. The van der Waals surface area contributed by atoms with Gasteiger partial charge in [-0.05, 0) is 56.4 Å². The van der Waals surface area contributed by atoms with Gasteiger partial charge in [0.25, 0.3) is 0 Å². The van der Waals surface area contributed by atoms with E-state index in [2.05, 4.69) is 56.7 Å². The summed E-state index contributed by atoms with van der Waals surface area (Å²) in [4.78, 5) is 11.5. The van der Waals surface area contributed by atoms with Gasteiger partial charge in [-0.25, -0.2) is 4.98 Å². The summed E-state index contributed by atoms with van der Waals surface area (Å²) in [5.41, 5.74) is 3.26. The van der Waals surface area contributed by atoms with Crippen LogP contribution in [0.5, 0.6) is 0 Å². The standard InChI is InChI=1S/C21H31N5O/c1-16-9-12-26(13-10-16)19-7-5-18(6-8-19)24-20-15-17(2)23-21(25-20)22-11-4-14-27-3/h5-8,15-16H,4,9-14H2,1-3H3,(H2,22,23,24,25). The van der Waals surface area contributed by atoms with E-state index in [0.29, 0.717) is 5.95 Å². The number of nitrogens with one attached hydrogen (secondary N) is 2. The predicted octanol–water partition coefficient (Wildman–Crippen LogP) is 4.21. The van der Waals surface area contributed by atoms with Crippen LogP contribution in [0, 0.1) is 12.8 Å². The Morgan fingerprint density at radius 3 is 2.59 bits per heavy atom. The largest absolute Gasteiger partial charge is 0.385 e. The zero-order valence-corrected chi connectivity index (χ0v) is 16.7.